The first kappa shape index (κ1) is 19.1. The van der Waals surface area contributed by atoms with Crippen LogP contribution < -0.4 is 16.2 Å². The van der Waals surface area contributed by atoms with Gasteiger partial charge in [-0.1, -0.05) is 35.8 Å². The molecule has 3 rings (SSSR count). The zero-order valence-electron chi connectivity index (χ0n) is 14.5. The van der Waals surface area contributed by atoms with Gasteiger partial charge in [0, 0.05) is 12.1 Å². The number of fused-ring (bicyclic) bond motifs is 1. The molecule has 0 atom stereocenters. The zero-order valence-corrected chi connectivity index (χ0v) is 16.0. The van der Waals surface area contributed by atoms with Crippen molar-refractivity contribution in [2.75, 3.05) is 19.4 Å². The summed E-state index contributed by atoms with van der Waals surface area (Å²) in [6, 6.07) is 6.92. The first-order valence-corrected chi connectivity index (χ1v) is 8.71. The van der Waals surface area contributed by atoms with Crippen LogP contribution in [0, 0.1) is 0 Å². The fourth-order valence-corrected chi connectivity index (χ4v) is 3.55. The third-order valence-electron chi connectivity index (χ3n) is 4.46. The third kappa shape index (κ3) is 3.34. The maximum atomic E-state index is 12.9. The number of methoxy groups -OCH3 is 1. The third-order valence-corrected chi connectivity index (χ3v) is 5.09. The van der Waals surface area contributed by atoms with E-state index in [1.807, 2.05) is 6.07 Å². The van der Waals surface area contributed by atoms with Gasteiger partial charge < -0.3 is 21.1 Å². The van der Waals surface area contributed by atoms with Crippen molar-refractivity contribution in [1.29, 1.82) is 0 Å². The molecular formula is C19H17Cl2N3O3. The molecule has 0 aromatic heterocycles. The number of nitrogens with zero attached hydrogens (tertiary/aromatic N) is 1. The number of halogens is 2. The van der Waals surface area contributed by atoms with E-state index in [0.717, 1.165) is 16.7 Å². The van der Waals surface area contributed by atoms with Crippen molar-refractivity contribution in [1.82, 2.24) is 4.90 Å². The molecule has 1 aliphatic heterocycles. The summed E-state index contributed by atoms with van der Waals surface area (Å²) in [6.45, 7) is 3.93. The van der Waals surface area contributed by atoms with Gasteiger partial charge in [0.25, 0.3) is 5.91 Å². The van der Waals surface area contributed by atoms with Gasteiger partial charge in [-0.25, -0.2) is 0 Å². The van der Waals surface area contributed by atoms with E-state index < -0.39 is 5.91 Å². The summed E-state index contributed by atoms with van der Waals surface area (Å²) in [5, 5.41) is 0.649. The molecule has 1 heterocycles. The number of rotatable bonds is 5. The van der Waals surface area contributed by atoms with Crippen molar-refractivity contribution in [2.45, 2.75) is 6.54 Å². The van der Waals surface area contributed by atoms with Gasteiger partial charge in [0.2, 0.25) is 5.91 Å². The zero-order chi connectivity index (χ0) is 19.9. The Morgan fingerprint density at radius 1 is 1.30 bits per heavy atom. The highest BCUT2D eigenvalue weighted by Crippen LogP contribution is 2.41. The van der Waals surface area contributed by atoms with Crippen LogP contribution in [-0.4, -0.2) is 30.4 Å². The molecular weight excluding hydrogens is 389 g/mol. The second-order valence-corrected chi connectivity index (χ2v) is 6.97. The number of ether oxygens (including phenoxy) is 1. The van der Waals surface area contributed by atoms with Crippen LogP contribution in [-0.2, 0) is 11.3 Å². The number of anilines is 1. The van der Waals surface area contributed by atoms with Crippen LogP contribution in [0.5, 0.6) is 5.75 Å². The molecule has 0 fully saturated rings. The molecule has 4 N–H and O–H groups in total. The van der Waals surface area contributed by atoms with E-state index in [1.54, 1.807) is 18.2 Å². The second kappa shape index (κ2) is 7.13. The summed E-state index contributed by atoms with van der Waals surface area (Å²) < 4.78 is 5.35. The molecule has 0 saturated carbocycles. The van der Waals surface area contributed by atoms with Crippen LogP contribution in [0.4, 0.5) is 5.69 Å². The molecule has 0 unspecified atom stereocenters. The van der Waals surface area contributed by atoms with Gasteiger partial charge in [0.15, 0.2) is 0 Å². The van der Waals surface area contributed by atoms with Gasteiger partial charge in [-0.2, -0.15) is 0 Å². The van der Waals surface area contributed by atoms with Gasteiger partial charge in [0.05, 0.1) is 35.0 Å². The monoisotopic (exact) mass is 405 g/mol. The first-order valence-electron chi connectivity index (χ1n) is 7.96. The average molecular weight is 406 g/mol. The minimum Gasteiger partial charge on any atom is -0.496 e. The average Bonchev–Trinajstić information content (AvgIpc) is 2.95. The Labute approximate surface area is 166 Å². The highest BCUT2D eigenvalue weighted by molar-refractivity contribution is 6.39. The molecule has 2 amide bonds. The largest absolute Gasteiger partial charge is 0.496 e. The molecule has 140 valence electrons. The Kier molecular flexibility index (Phi) is 5.04. The SMILES string of the molecule is C=C(CN1Cc2c(-c3cc(Cl)c(N)c(Cl)c3)ccc(OC)c2C1=O)C(N)=O. The van der Waals surface area contributed by atoms with Crippen molar-refractivity contribution in [2.24, 2.45) is 5.73 Å². The lowest BCUT2D eigenvalue weighted by atomic mass is 9.96. The maximum absolute atomic E-state index is 12.9. The molecule has 6 nitrogen and oxygen atoms in total. The number of hydrogen-bond acceptors (Lipinski definition) is 4. The lowest BCUT2D eigenvalue weighted by Gasteiger charge is -2.16. The first-order chi connectivity index (χ1) is 12.7. The molecule has 8 heteroatoms. The van der Waals surface area contributed by atoms with E-state index in [2.05, 4.69) is 6.58 Å². The van der Waals surface area contributed by atoms with Gasteiger partial charge in [-0.05, 0) is 34.9 Å². The lowest BCUT2D eigenvalue weighted by molar-refractivity contribution is -0.114. The number of benzene rings is 2. The van der Waals surface area contributed by atoms with E-state index in [9.17, 15) is 9.59 Å². The molecule has 0 aliphatic carbocycles. The minimum atomic E-state index is -0.650. The summed E-state index contributed by atoms with van der Waals surface area (Å²) in [6.07, 6.45) is 0. The molecule has 0 spiro atoms. The molecule has 0 radical (unpaired) electrons. The molecule has 0 saturated heterocycles. The fourth-order valence-electron chi connectivity index (χ4n) is 3.06. The highest BCUT2D eigenvalue weighted by atomic mass is 35.5. The Bertz CT molecular complexity index is 965. The summed E-state index contributed by atoms with van der Waals surface area (Å²) in [5.74, 6) is -0.472. The van der Waals surface area contributed by atoms with E-state index in [0.29, 0.717) is 27.0 Å². The van der Waals surface area contributed by atoms with Crippen LogP contribution in [0.2, 0.25) is 10.0 Å². The standard InChI is InChI=1S/C19H17Cl2N3O3/c1-9(18(23)25)7-24-8-12-11(3-4-15(27-2)16(12)19(24)26)10-5-13(20)17(22)14(21)6-10/h3-6H,1,7-8,22H2,2H3,(H2,23,25). The molecule has 0 bridgehead atoms. The lowest BCUT2D eigenvalue weighted by Crippen LogP contribution is -2.30. The summed E-state index contributed by atoms with van der Waals surface area (Å²) in [4.78, 5) is 25.7. The van der Waals surface area contributed by atoms with E-state index in [-0.39, 0.29) is 24.6 Å². The molecule has 27 heavy (non-hydrogen) atoms. The Balaban J connectivity index is 2.11. The normalized spacial score (nSPS) is 12.9. The minimum absolute atomic E-state index is 0.0364. The number of primary amides is 1. The van der Waals surface area contributed by atoms with Crippen molar-refractivity contribution in [3.8, 4) is 16.9 Å². The topological polar surface area (TPSA) is 98.7 Å². The molecule has 2 aromatic rings. The van der Waals surface area contributed by atoms with Crippen molar-refractivity contribution >= 4 is 40.7 Å². The van der Waals surface area contributed by atoms with Crippen molar-refractivity contribution < 1.29 is 14.3 Å². The number of carbonyl (C=O) groups excluding carboxylic acids is 2. The summed E-state index contributed by atoms with van der Waals surface area (Å²) in [7, 11) is 1.49. The number of hydrogen-bond donors (Lipinski definition) is 2. The predicted molar refractivity (Wildman–Crippen MR) is 106 cm³/mol. The van der Waals surface area contributed by atoms with Crippen molar-refractivity contribution in [3.05, 3.63) is 57.6 Å². The van der Waals surface area contributed by atoms with Gasteiger partial charge in [-0.15, -0.1) is 0 Å². The second-order valence-electron chi connectivity index (χ2n) is 6.15. The Hall–Kier alpha value is -2.70. The van der Waals surface area contributed by atoms with Gasteiger partial charge in [-0.3, -0.25) is 9.59 Å². The quantitative estimate of drug-likeness (QED) is 0.588. The van der Waals surface area contributed by atoms with Crippen LogP contribution in [0.3, 0.4) is 0 Å². The number of carbonyl (C=O) groups is 2. The van der Waals surface area contributed by atoms with E-state index >= 15 is 0 Å². The number of nitrogens with two attached hydrogens (primary N) is 2. The van der Waals surface area contributed by atoms with Gasteiger partial charge in [0.1, 0.15) is 5.75 Å². The predicted octanol–water partition coefficient (Wildman–Crippen LogP) is 3.25. The maximum Gasteiger partial charge on any atom is 0.258 e. The van der Waals surface area contributed by atoms with Crippen LogP contribution in [0.1, 0.15) is 15.9 Å². The number of amides is 2. The van der Waals surface area contributed by atoms with E-state index in [1.165, 1.54) is 12.0 Å². The fraction of sp³-hybridized carbons (Fsp3) is 0.158. The highest BCUT2D eigenvalue weighted by Gasteiger charge is 2.33. The number of nitrogen functional groups attached to an aromatic ring is 1. The van der Waals surface area contributed by atoms with Crippen LogP contribution >= 0.6 is 23.2 Å². The Morgan fingerprint density at radius 2 is 1.93 bits per heavy atom. The van der Waals surface area contributed by atoms with Gasteiger partial charge >= 0.3 is 0 Å². The van der Waals surface area contributed by atoms with Crippen LogP contribution in [0.25, 0.3) is 11.1 Å². The van der Waals surface area contributed by atoms with Crippen molar-refractivity contribution in [3.63, 3.8) is 0 Å². The van der Waals surface area contributed by atoms with Crippen LogP contribution in [0.15, 0.2) is 36.4 Å². The molecule has 1 aliphatic rings. The smallest absolute Gasteiger partial charge is 0.258 e. The Morgan fingerprint density at radius 3 is 2.48 bits per heavy atom. The summed E-state index contributed by atoms with van der Waals surface area (Å²) in [5.41, 5.74) is 14.2. The summed E-state index contributed by atoms with van der Waals surface area (Å²) >= 11 is 12.3. The molecule has 2 aromatic carbocycles. The van der Waals surface area contributed by atoms with E-state index in [4.69, 9.17) is 39.4 Å².